The molecule has 0 fully saturated rings. The van der Waals surface area contributed by atoms with E-state index in [1.54, 1.807) is 11.0 Å². The van der Waals surface area contributed by atoms with Gasteiger partial charge in [-0.3, -0.25) is 4.84 Å². The molecule has 8 heteroatoms. The summed E-state index contributed by atoms with van der Waals surface area (Å²) in [5.41, 5.74) is 0. The summed E-state index contributed by atoms with van der Waals surface area (Å²) in [6, 6.07) is 5.68. The van der Waals surface area contributed by atoms with Crippen molar-refractivity contribution in [3.8, 4) is 5.75 Å². The van der Waals surface area contributed by atoms with Crippen molar-refractivity contribution in [2.24, 2.45) is 0 Å². The van der Waals surface area contributed by atoms with E-state index in [0.29, 0.717) is 5.75 Å². The van der Waals surface area contributed by atoms with Crippen LogP contribution in [0.25, 0.3) is 0 Å². The van der Waals surface area contributed by atoms with Crippen molar-refractivity contribution in [2.45, 2.75) is 4.90 Å². The predicted molar refractivity (Wildman–Crippen MR) is 56.9 cm³/mol. The Balaban J connectivity index is 2.78. The fourth-order valence-electron chi connectivity index (χ4n) is 0.985. The molecule has 0 radical (unpaired) electrons. The number of benzene rings is 1. The minimum Gasteiger partial charge on any atom is -0.497 e. The highest BCUT2D eigenvalue weighted by Gasteiger charge is 2.15. The molecular formula is C9H11NO6S. The third kappa shape index (κ3) is 4.02. The van der Waals surface area contributed by atoms with Gasteiger partial charge in [0.15, 0.2) is 6.61 Å². The first kappa shape index (κ1) is 13.4. The molecule has 0 heterocycles. The first-order valence-electron chi connectivity index (χ1n) is 4.45. The average molecular weight is 261 g/mol. The minimum absolute atomic E-state index is 0.0813. The Morgan fingerprint density at radius 2 is 2.18 bits per heavy atom. The largest absolute Gasteiger partial charge is 0.497 e. The molecule has 1 aromatic rings. The molecule has 0 amide bonds. The van der Waals surface area contributed by atoms with Crippen molar-refractivity contribution >= 4 is 16.0 Å². The standard InChI is InChI=1S/C9H11NO6S/c1-15-7-3-2-4-8(5-7)17(13,14)10-16-6-9(11)12/h2-5,10H,6H2,1H3,(H,11,12). The quantitative estimate of drug-likeness (QED) is 0.698. The summed E-state index contributed by atoms with van der Waals surface area (Å²) in [4.78, 5) is 16.1. The van der Waals surface area contributed by atoms with Crippen LogP contribution in [-0.4, -0.2) is 33.2 Å². The molecule has 1 rings (SSSR count). The fourth-order valence-corrected chi connectivity index (χ4v) is 1.82. The molecule has 0 aliphatic carbocycles. The van der Waals surface area contributed by atoms with Gasteiger partial charge in [0, 0.05) is 6.07 Å². The van der Waals surface area contributed by atoms with E-state index >= 15 is 0 Å². The van der Waals surface area contributed by atoms with Crippen molar-refractivity contribution in [1.82, 2.24) is 4.89 Å². The maximum atomic E-state index is 11.6. The van der Waals surface area contributed by atoms with Gasteiger partial charge in [-0.1, -0.05) is 11.0 Å². The molecule has 0 saturated carbocycles. The second kappa shape index (κ2) is 5.62. The summed E-state index contributed by atoms with van der Waals surface area (Å²) in [5, 5.41) is 8.28. The zero-order valence-electron chi connectivity index (χ0n) is 8.91. The van der Waals surface area contributed by atoms with Crippen molar-refractivity contribution in [3.63, 3.8) is 0 Å². The summed E-state index contributed by atoms with van der Waals surface area (Å²) in [6.45, 7) is -0.761. The molecule has 17 heavy (non-hydrogen) atoms. The molecule has 0 atom stereocenters. The molecule has 0 spiro atoms. The number of methoxy groups -OCH3 is 1. The number of sulfonamides is 1. The van der Waals surface area contributed by atoms with Crippen LogP contribution < -0.4 is 9.62 Å². The number of hydrogen-bond donors (Lipinski definition) is 2. The Bertz CT molecular complexity index is 498. The zero-order valence-corrected chi connectivity index (χ0v) is 9.73. The SMILES string of the molecule is COc1cccc(S(=O)(=O)NOCC(=O)O)c1. The van der Waals surface area contributed by atoms with Gasteiger partial charge in [-0.15, -0.1) is 0 Å². The number of aliphatic carboxylic acids is 1. The number of nitrogens with one attached hydrogen (secondary N) is 1. The highest BCUT2D eigenvalue weighted by atomic mass is 32.2. The lowest BCUT2D eigenvalue weighted by atomic mass is 10.3. The van der Waals surface area contributed by atoms with Crippen LogP contribution in [0, 0.1) is 0 Å². The van der Waals surface area contributed by atoms with Gasteiger partial charge in [0.05, 0.1) is 12.0 Å². The van der Waals surface area contributed by atoms with Crippen molar-refractivity contribution in [1.29, 1.82) is 0 Å². The lowest BCUT2D eigenvalue weighted by Crippen LogP contribution is -2.26. The topological polar surface area (TPSA) is 102 Å². The van der Waals surface area contributed by atoms with Gasteiger partial charge in [0.1, 0.15) is 5.75 Å². The minimum atomic E-state index is -3.90. The zero-order chi connectivity index (χ0) is 12.9. The van der Waals surface area contributed by atoms with Crippen LogP contribution in [0.1, 0.15) is 0 Å². The van der Waals surface area contributed by atoms with Crippen LogP contribution in [-0.2, 0) is 19.7 Å². The van der Waals surface area contributed by atoms with E-state index < -0.39 is 22.6 Å². The number of carboxylic acid groups (broad SMARTS) is 1. The van der Waals surface area contributed by atoms with Crippen LogP contribution in [0.4, 0.5) is 0 Å². The third-order valence-corrected chi connectivity index (χ3v) is 2.93. The van der Waals surface area contributed by atoms with Gasteiger partial charge in [0.2, 0.25) is 0 Å². The van der Waals surface area contributed by atoms with Gasteiger partial charge in [-0.05, 0) is 12.1 Å². The number of rotatable bonds is 6. The molecular weight excluding hydrogens is 250 g/mol. The smallest absolute Gasteiger partial charge is 0.331 e. The fraction of sp³-hybridized carbons (Fsp3) is 0.222. The Kier molecular flexibility index (Phi) is 4.44. The summed E-state index contributed by atoms with van der Waals surface area (Å²) in [7, 11) is -2.50. The molecule has 0 aliphatic rings. The summed E-state index contributed by atoms with van der Waals surface area (Å²) >= 11 is 0. The van der Waals surface area contributed by atoms with Gasteiger partial charge < -0.3 is 9.84 Å². The highest BCUT2D eigenvalue weighted by molar-refractivity contribution is 7.89. The van der Waals surface area contributed by atoms with E-state index in [1.165, 1.54) is 25.3 Å². The second-order valence-electron chi connectivity index (χ2n) is 2.95. The van der Waals surface area contributed by atoms with E-state index in [1.807, 2.05) is 0 Å². The van der Waals surface area contributed by atoms with Gasteiger partial charge in [-0.2, -0.15) is 0 Å². The maximum absolute atomic E-state index is 11.6. The molecule has 2 N–H and O–H groups in total. The third-order valence-electron chi connectivity index (χ3n) is 1.72. The molecule has 0 saturated heterocycles. The Morgan fingerprint density at radius 1 is 1.47 bits per heavy atom. The van der Waals surface area contributed by atoms with E-state index in [9.17, 15) is 13.2 Å². The lowest BCUT2D eigenvalue weighted by molar-refractivity contribution is -0.143. The van der Waals surface area contributed by atoms with Gasteiger partial charge in [-0.25, -0.2) is 13.2 Å². The first-order chi connectivity index (χ1) is 7.95. The molecule has 0 bridgehead atoms. The van der Waals surface area contributed by atoms with Crippen LogP contribution >= 0.6 is 0 Å². The van der Waals surface area contributed by atoms with Crippen LogP contribution in [0.5, 0.6) is 5.75 Å². The molecule has 0 unspecified atom stereocenters. The number of carbonyl (C=O) groups is 1. The lowest BCUT2D eigenvalue weighted by Gasteiger charge is -2.06. The summed E-state index contributed by atoms with van der Waals surface area (Å²) < 4.78 is 28.1. The van der Waals surface area contributed by atoms with Crippen molar-refractivity contribution < 1.29 is 27.9 Å². The van der Waals surface area contributed by atoms with Crippen molar-refractivity contribution in [3.05, 3.63) is 24.3 Å². The van der Waals surface area contributed by atoms with E-state index in [2.05, 4.69) is 4.84 Å². The Hall–Kier alpha value is -1.64. The molecule has 94 valence electrons. The number of ether oxygens (including phenoxy) is 1. The van der Waals surface area contributed by atoms with Crippen LogP contribution in [0.15, 0.2) is 29.2 Å². The van der Waals surface area contributed by atoms with Crippen molar-refractivity contribution in [2.75, 3.05) is 13.7 Å². The molecule has 7 nitrogen and oxygen atoms in total. The van der Waals surface area contributed by atoms with E-state index in [4.69, 9.17) is 9.84 Å². The van der Waals surface area contributed by atoms with Crippen LogP contribution in [0.2, 0.25) is 0 Å². The maximum Gasteiger partial charge on any atom is 0.331 e. The van der Waals surface area contributed by atoms with E-state index in [0.717, 1.165) is 0 Å². The number of carboxylic acids is 1. The normalized spacial score (nSPS) is 11.1. The Labute approximate surface area is 98.0 Å². The van der Waals surface area contributed by atoms with Crippen LogP contribution in [0.3, 0.4) is 0 Å². The monoisotopic (exact) mass is 261 g/mol. The molecule has 0 aliphatic heterocycles. The first-order valence-corrected chi connectivity index (χ1v) is 5.93. The second-order valence-corrected chi connectivity index (χ2v) is 4.59. The predicted octanol–water partition coefficient (Wildman–Crippen LogP) is -0.0103. The van der Waals surface area contributed by atoms with E-state index in [-0.39, 0.29) is 4.90 Å². The Morgan fingerprint density at radius 3 is 2.76 bits per heavy atom. The number of hydrogen-bond acceptors (Lipinski definition) is 5. The molecule has 1 aromatic carbocycles. The summed E-state index contributed by atoms with van der Waals surface area (Å²) in [6.07, 6.45) is 0. The van der Waals surface area contributed by atoms with Gasteiger partial charge >= 0.3 is 5.97 Å². The summed E-state index contributed by atoms with van der Waals surface area (Å²) in [5.74, 6) is -0.913. The van der Waals surface area contributed by atoms with Gasteiger partial charge in [0.25, 0.3) is 10.0 Å². The highest BCUT2D eigenvalue weighted by Crippen LogP contribution is 2.16. The molecule has 0 aromatic heterocycles. The average Bonchev–Trinajstić information content (AvgIpc) is 2.28.